The van der Waals surface area contributed by atoms with Crippen molar-refractivity contribution in [1.29, 1.82) is 0 Å². The average molecular weight is 452 g/mol. The van der Waals surface area contributed by atoms with Gasteiger partial charge in [-0.25, -0.2) is 13.2 Å². The number of nitrogens with zero attached hydrogens (tertiary/aromatic N) is 2. The number of halogens is 3. The molecule has 1 N–H and O–H groups in total. The Labute approximate surface area is 174 Å². The van der Waals surface area contributed by atoms with Crippen LogP contribution in [0.15, 0.2) is 29.2 Å². The van der Waals surface area contributed by atoms with E-state index in [1.54, 1.807) is 22.5 Å². The van der Waals surface area contributed by atoms with Crippen molar-refractivity contribution >= 4 is 16.0 Å². The molecule has 2 heterocycles. The molecule has 0 unspecified atom stereocenters. The molecule has 2 aliphatic rings. The van der Waals surface area contributed by atoms with Crippen LogP contribution in [0.3, 0.4) is 0 Å². The molecule has 1 spiro atoms. The number of para-hydroxylation sites is 1. The lowest BCUT2D eigenvalue weighted by atomic mass is 9.79. The third-order valence-corrected chi connectivity index (χ3v) is 7.39. The molecule has 3 rings (SSSR count). The van der Waals surface area contributed by atoms with Crippen LogP contribution in [0.1, 0.15) is 26.7 Å². The van der Waals surface area contributed by atoms with Crippen LogP contribution in [0.2, 0.25) is 0 Å². The highest BCUT2D eigenvalue weighted by Crippen LogP contribution is 2.39. The minimum atomic E-state index is -5.08. The number of sulfonamides is 1. The molecule has 1 fully saturated rings. The van der Waals surface area contributed by atoms with Crippen molar-refractivity contribution in [3.63, 3.8) is 0 Å². The Kier molecular flexibility index (Phi) is 7.41. The monoisotopic (exact) mass is 452 g/mol. The number of carbonyl (C=O) groups is 1. The quantitative estimate of drug-likeness (QED) is 0.705. The standard InChI is InChI=1S/C17H26N2O3S.C2HF3O2/c1-14(2)19-12-17(8-10-18(3)11-9-17)13-22-15-6-4-5-7-16(15)23(19,20)21;3-2(4,5)1(6)7/h4-7,14H,8-13H2,1-3H3;(H,6,7). The number of piperidine rings is 1. The van der Waals surface area contributed by atoms with E-state index in [0.717, 1.165) is 25.9 Å². The molecule has 1 aromatic carbocycles. The maximum absolute atomic E-state index is 13.1. The molecular formula is C19H27F3N2O5S. The summed E-state index contributed by atoms with van der Waals surface area (Å²) >= 11 is 0. The third-order valence-electron chi connectivity index (χ3n) is 5.33. The number of hydrogen-bond acceptors (Lipinski definition) is 5. The molecule has 170 valence electrons. The largest absolute Gasteiger partial charge is 0.492 e. The summed E-state index contributed by atoms with van der Waals surface area (Å²) in [5.41, 5.74) is -0.0998. The van der Waals surface area contributed by atoms with Crippen LogP contribution in [0.25, 0.3) is 0 Å². The predicted molar refractivity (Wildman–Crippen MR) is 104 cm³/mol. The molecule has 30 heavy (non-hydrogen) atoms. The van der Waals surface area contributed by atoms with Gasteiger partial charge >= 0.3 is 12.1 Å². The summed E-state index contributed by atoms with van der Waals surface area (Å²) in [6.07, 6.45) is -3.16. The molecule has 0 bridgehead atoms. The number of benzene rings is 1. The summed E-state index contributed by atoms with van der Waals surface area (Å²) < 4.78 is 65.7. The van der Waals surface area contributed by atoms with E-state index in [1.165, 1.54) is 0 Å². The summed E-state index contributed by atoms with van der Waals surface area (Å²) in [5, 5.41) is 7.12. The van der Waals surface area contributed by atoms with Crippen LogP contribution < -0.4 is 4.74 Å². The van der Waals surface area contributed by atoms with Crippen molar-refractivity contribution in [1.82, 2.24) is 9.21 Å². The van der Waals surface area contributed by atoms with Crippen molar-refractivity contribution < 1.29 is 36.2 Å². The third kappa shape index (κ3) is 5.64. The Morgan fingerprint density at radius 1 is 1.20 bits per heavy atom. The fourth-order valence-electron chi connectivity index (χ4n) is 3.46. The van der Waals surface area contributed by atoms with Crippen LogP contribution in [0.5, 0.6) is 5.75 Å². The van der Waals surface area contributed by atoms with E-state index in [1.807, 2.05) is 19.9 Å². The first kappa shape index (κ1) is 24.4. The minimum absolute atomic E-state index is 0.0670. The molecule has 2 aliphatic heterocycles. The van der Waals surface area contributed by atoms with Gasteiger partial charge in [0.1, 0.15) is 10.6 Å². The SMILES string of the molecule is CC(C)N1CC2(CCN(C)CC2)COc2ccccc2S1(=O)=O.O=C(O)C(F)(F)F. The lowest BCUT2D eigenvalue weighted by molar-refractivity contribution is -0.192. The number of likely N-dealkylation sites (tertiary alicyclic amines) is 1. The van der Waals surface area contributed by atoms with E-state index in [9.17, 15) is 21.6 Å². The van der Waals surface area contributed by atoms with Crippen molar-refractivity contribution in [2.24, 2.45) is 5.41 Å². The number of ether oxygens (including phenoxy) is 1. The van der Waals surface area contributed by atoms with Crippen molar-refractivity contribution in [3.8, 4) is 5.75 Å². The highest BCUT2D eigenvalue weighted by atomic mass is 32.2. The molecule has 0 aromatic heterocycles. The number of rotatable bonds is 1. The number of hydrogen-bond donors (Lipinski definition) is 1. The zero-order chi connectivity index (χ0) is 22.7. The van der Waals surface area contributed by atoms with Gasteiger partial charge in [-0.15, -0.1) is 0 Å². The lowest BCUT2D eigenvalue weighted by Gasteiger charge is -2.45. The fourth-order valence-corrected chi connectivity index (χ4v) is 5.34. The number of carboxylic acid groups (broad SMARTS) is 1. The van der Waals surface area contributed by atoms with E-state index in [4.69, 9.17) is 14.6 Å². The number of alkyl halides is 3. The van der Waals surface area contributed by atoms with Gasteiger partial charge in [-0.2, -0.15) is 17.5 Å². The van der Waals surface area contributed by atoms with Crippen LogP contribution in [0.4, 0.5) is 13.2 Å². The summed E-state index contributed by atoms with van der Waals surface area (Å²) in [7, 11) is -1.42. The van der Waals surface area contributed by atoms with Gasteiger partial charge in [0.05, 0.1) is 6.61 Å². The Bertz CT molecular complexity index is 850. The predicted octanol–water partition coefficient (Wildman–Crippen LogP) is 2.82. The Balaban J connectivity index is 0.000000396. The van der Waals surface area contributed by atoms with Crippen LogP contribution in [-0.2, 0) is 14.8 Å². The number of aliphatic carboxylic acids is 1. The minimum Gasteiger partial charge on any atom is -0.492 e. The fraction of sp³-hybridized carbons (Fsp3) is 0.632. The zero-order valence-electron chi connectivity index (χ0n) is 17.1. The van der Waals surface area contributed by atoms with E-state index < -0.39 is 22.2 Å². The van der Waals surface area contributed by atoms with Crippen LogP contribution >= 0.6 is 0 Å². The molecule has 0 amide bonds. The second kappa shape index (κ2) is 9.11. The molecule has 7 nitrogen and oxygen atoms in total. The van der Waals surface area contributed by atoms with Gasteiger partial charge in [-0.1, -0.05) is 12.1 Å². The second-order valence-electron chi connectivity index (χ2n) is 7.99. The first-order chi connectivity index (χ1) is 13.8. The molecular weight excluding hydrogens is 425 g/mol. The molecule has 0 radical (unpaired) electrons. The Hall–Kier alpha value is -1.85. The Morgan fingerprint density at radius 3 is 2.23 bits per heavy atom. The maximum atomic E-state index is 13.1. The van der Waals surface area contributed by atoms with E-state index in [2.05, 4.69) is 11.9 Å². The smallest absolute Gasteiger partial charge is 0.490 e. The van der Waals surface area contributed by atoms with Crippen molar-refractivity contribution in [2.45, 2.75) is 43.8 Å². The van der Waals surface area contributed by atoms with Gasteiger partial charge in [-0.05, 0) is 59.0 Å². The van der Waals surface area contributed by atoms with Gasteiger partial charge in [-0.3, -0.25) is 0 Å². The molecule has 1 aromatic rings. The molecule has 1 saturated heterocycles. The zero-order valence-corrected chi connectivity index (χ0v) is 18.0. The van der Waals surface area contributed by atoms with Crippen LogP contribution in [-0.4, -0.2) is 74.2 Å². The second-order valence-corrected chi connectivity index (χ2v) is 9.84. The molecule has 0 atom stereocenters. The topological polar surface area (TPSA) is 87.2 Å². The normalized spacial score (nSPS) is 21.6. The maximum Gasteiger partial charge on any atom is 0.490 e. The summed E-state index contributed by atoms with van der Waals surface area (Å²) in [6, 6.07) is 6.93. The molecule has 0 aliphatic carbocycles. The Morgan fingerprint density at radius 2 is 1.73 bits per heavy atom. The summed E-state index contributed by atoms with van der Waals surface area (Å²) in [4.78, 5) is 11.5. The van der Waals surface area contributed by atoms with Gasteiger partial charge in [0.15, 0.2) is 0 Å². The van der Waals surface area contributed by atoms with E-state index >= 15 is 0 Å². The van der Waals surface area contributed by atoms with Crippen molar-refractivity contribution in [2.75, 3.05) is 33.3 Å². The first-order valence-corrected chi connectivity index (χ1v) is 10.9. The van der Waals surface area contributed by atoms with Gasteiger partial charge in [0.2, 0.25) is 10.0 Å². The van der Waals surface area contributed by atoms with Crippen molar-refractivity contribution in [3.05, 3.63) is 24.3 Å². The molecule has 0 saturated carbocycles. The highest BCUT2D eigenvalue weighted by molar-refractivity contribution is 7.89. The van der Waals surface area contributed by atoms with Crippen LogP contribution in [0, 0.1) is 5.41 Å². The number of fused-ring (bicyclic) bond motifs is 1. The highest BCUT2D eigenvalue weighted by Gasteiger charge is 2.43. The van der Waals surface area contributed by atoms with E-state index in [0.29, 0.717) is 18.9 Å². The summed E-state index contributed by atoms with van der Waals surface area (Å²) in [6.45, 7) is 6.98. The lowest BCUT2D eigenvalue weighted by Crippen LogP contribution is -2.52. The van der Waals surface area contributed by atoms with Gasteiger partial charge < -0.3 is 14.7 Å². The number of carboxylic acids is 1. The average Bonchev–Trinajstić information content (AvgIpc) is 2.65. The van der Waals surface area contributed by atoms with E-state index in [-0.39, 0.29) is 16.4 Å². The molecule has 11 heteroatoms. The van der Waals surface area contributed by atoms with Gasteiger partial charge in [0.25, 0.3) is 0 Å². The van der Waals surface area contributed by atoms with Gasteiger partial charge in [0, 0.05) is 18.0 Å². The first-order valence-electron chi connectivity index (χ1n) is 9.51. The summed E-state index contributed by atoms with van der Waals surface area (Å²) in [5.74, 6) is -2.27.